The minimum Gasteiger partial charge on any atom is -0.497 e. The standard InChI is InChI=1S/C13H20N2O2/c1-3-4-8-17-9-7-15-13-10-11(16-2)5-6-12(13)14/h3,5-6,10,15H,1,4,7-9,14H2,2H3. The van der Waals surface area contributed by atoms with Crippen LogP contribution in [0, 0.1) is 0 Å². The minimum absolute atomic E-state index is 0.643. The number of benzene rings is 1. The molecule has 3 N–H and O–H groups in total. The number of nitrogens with one attached hydrogen (secondary N) is 1. The molecule has 4 heteroatoms. The first-order chi connectivity index (χ1) is 8.27. The molecule has 17 heavy (non-hydrogen) atoms. The monoisotopic (exact) mass is 236 g/mol. The maximum atomic E-state index is 5.83. The molecule has 0 saturated carbocycles. The van der Waals surface area contributed by atoms with Gasteiger partial charge in [0.25, 0.3) is 0 Å². The van der Waals surface area contributed by atoms with Crippen LogP contribution >= 0.6 is 0 Å². The van der Waals surface area contributed by atoms with Gasteiger partial charge in [0.2, 0.25) is 0 Å². The Morgan fingerprint density at radius 3 is 2.94 bits per heavy atom. The van der Waals surface area contributed by atoms with Gasteiger partial charge in [-0.05, 0) is 18.6 Å². The molecule has 0 spiro atoms. The van der Waals surface area contributed by atoms with E-state index in [-0.39, 0.29) is 0 Å². The first-order valence-electron chi connectivity index (χ1n) is 5.64. The Morgan fingerprint density at radius 1 is 1.41 bits per heavy atom. The predicted octanol–water partition coefficient (Wildman–Crippen LogP) is 2.28. The lowest BCUT2D eigenvalue weighted by molar-refractivity contribution is 0.149. The van der Waals surface area contributed by atoms with Crippen molar-refractivity contribution >= 4 is 11.4 Å². The zero-order chi connectivity index (χ0) is 12.5. The Balaban J connectivity index is 2.32. The molecule has 0 aliphatic heterocycles. The fraction of sp³-hybridized carbons (Fsp3) is 0.385. The van der Waals surface area contributed by atoms with Gasteiger partial charge in [-0.15, -0.1) is 6.58 Å². The lowest BCUT2D eigenvalue weighted by Crippen LogP contribution is -2.11. The van der Waals surface area contributed by atoms with E-state index >= 15 is 0 Å². The Labute approximate surface area is 102 Å². The summed E-state index contributed by atoms with van der Waals surface area (Å²) in [6, 6.07) is 5.53. The molecule has 0 bridgehead atoms. The molecule has 1 rings (SSSR count). The van der Waals surface area contributed by atoms with Crippen LogP contribution in [0.3, 0.4) is 0 Å². The average Bonchev–Trinajstić information content (AvgIpc) is 2.35. The van der Waals surface area contributed by atoms with E-state index in [9.17, 15) is 0 Å². The Kier molecular flexibility index (Phi) is 5.96. The molecule has 0 unspecified atom stereocenters. The summed E-state index contributed by atoms with van der Waals surface area (Å²) in [5.41, 5.74) is 7.41. The number of hydrogen-bond donors (Lipinski definition) is 2. The predicted molar refractivity (Wildman–Crippen MR) is 71.5 cm³/mol. The highest BCUT2D eigenvalue weighted by molar-refractivity contribution is 5.68. The fourth-order valence-corrected chi connectivity index (χ4v) is 1.34. The number of ether oxygens (including phenoxy) is 2. The van der Waals surface area contributed by atoms with Crippen LogP contribution in [0.15, 0.2) is 30.9 Å². The van der Waals surface area contributed by atoms with Crippen molar-refractivity contribution in [3.05, 3.63) is 30.9 Å². The fourth-order valence-electron chi connectivity index (χ4n) is 1.34. The molecule has 0 amide bonds. The summed E-state index contributed by atoms with van der Waals surface area (Å²) in [5, 5.41) is 3.21. The molecule has 0 fully saturated rings. The van der Waals surface area contributed by atoms with E-state index in [4.69, 9.17) is 15.2 Å². The van der Waals surface area contributed by atoms with Crippen molar-refractivity contribution in [2.24, 2.45) is 0 Å². The van der Waals surface area contributed by atoms with E-state index in [0.29, 0.717) is 25.4 Å². The SMILES string of the molecule is C=CCCOCCNc1cc(OC)ccc1N. The summed E-state index contributed by atoms with van der Waals surface area (Å²) < 4.78 is 10.5. The maximum Gasteiger partial charge on any atom is 0.121 e. The first kappa shape index (κ1) is 13.4. The van der Waals surface area contributed by atoms with Crippen molar-refractivity contribution in [2.75, 3.05) is 37.9 Å². The second-order valence-corrected chi connectivity index (χ2v) is 3.57. The van der Waals surface area contributed by atoms with E-state index in [1.807, 2.05) is 24.3 Å². The largest absolute Gasteiger partial charge is 0.497 e. The molecule has 1 aromatic rings. The molecule has 0 aliphatic carbocycles. The molecule has 0 atom stereocenters. The van der Waals surface area contributed by atoms with Crippen LogP contribution in [0.4, 0.5) is 11.4 Å². The number of methoxy groups -OCH3 is 1. The third-order valence-electron chi connectivity index (χ3n) is 2.29. The number of rotatable bonds is 8. The van der Waals surface area contributed by atoms with Crippen molar-refractivity contribution in [3.63, 3.8) is 0 Å². The quantitative estimate of drug-likeness (QED) is 0.413. The van der Waals surface area contributed by atoms with Crippen LogP contribution in [0.2, 0.25) is 0 Å². The van der Waals surface area contributed by atoms with Gasteiger partial charge in [-0.1, -0.05) is 6.08 Å². The number of nitrogen functional groups attached to an aromatic ring is 1. The number of hydrogen-bond acceptors (Lipinski definition) is 4. The van der Waals surface area contributed by atoms with E-state index in [1.54, 1.807) is 7.11 Å². The van der Waals surface area contributed by atoms with Gasteiger partial charge < -0.3 is 20.5 Å². The van der Waals surface area contributed by atoms with Gasteiger partial charge in [-0.25, -0.2) is 0 Å². The van der Waals surface area contributed by atoms with Crippen molar-refractivity contribution < 1.29 is 9.47 Å². The van der Waals surface area contributed by atoms with Crippen LogP contribution in [-0.2, 0) is 4.74 Å². The van der Waals surface area contributed by atoms with Crippen LogP contribution in [0.25, 0.3) is 0 Å². The van der Waals surface area contributed by atoms with Crippen LogP contribution < -0.4 is 15.8 Å². The smallest absolute Gasteiger partial charge is 0.121 e. The minimum atomic E-state index is 0.643. The highest BCUT2D eigenvalue weighted by atomic mass is 16.5. The Hall–Kier alpha value is -1.68. The molecule has 0 saturated heterocycles. The average molecular weight is 236 g/mol. The third kappa shape index (κ3) is 4.78. The summed E-state index contributed by atoms with van der Waals surface area (Å²) in [6.07, 6.45) is 2.72. The molecule has 94 valence electrons. The summed E-state index contributed by atoms with van der Waals surface area (Å²) in [7, 11) is 1.63. The normalized spacial score (nSPS) is 9.94. The third-order valence-corrected chi connectivity index (χ3v) is 2.29. The number of nitrogens with two attached hydrogens (primary N) is 1. The van der Waals surface area contributed by atoms with E-state index in [0.717, 1.165) is 17.9 Å². The zero-order valence-electron chi connectivity index (χ0n) is 10.2. The highest BCUT2D eigenvalue weighted by Gasteiger charge is 2.00. The van der Waals surface area contributed by atoms with Crippen molar-refractivity contribution in [1.29, 1.82) is 0 Å². The van der Waals surface area contributed by atoms with Crippen LogP contribution in [0.5, 0.6) is 5.75 Å². The Morgan fingerprint density at radius 2 is 2.24 bits per heavy atom. The summed E-state index contributed by atoms with van der Waals surface area (Å²) in [5.74, 6) is 0.786. The summed E-state index contributed by atoms with van der Waals surface area (Å²) >= 11 is 0. The summed E-state index contributed by atoms with van der Waals surface area (Å²) in [4.78, 5) is 0. The lowest BCUT2D eigenvalue weighted by atomic mass is 10.2. The molecule has 0 aliphatic rings. The Bertz CT molecular complexity index is 353. The summed E-state index contributed by atoms with van der Waals surface area (Å²) in [6.45, 7) is 5.70. The van der Waals surface area contributed by atoms with Crippen LogP contribution in [0.1, 0.15) is 6.42 Å². The van der Waals surface area contributed by atoms with Gasteiger partial charge in [0.15, 0.2) is 0 Å². The van der Waals surface area contributed by atoms with E-state index < -0.39 is 0 Å². The van der Waals surface area contributed by atoms with Crippen molar-refractivity contribution in [3.8, 4) is 5.75 Å². The zero-order valence-corrected chi connectivity index (χ0v) is 10.2. The van der Waals surface area contributed by atoms with Gasteiger partial charge in [0.1, 0.15) is 5.75 Å². The lowest BCUT2D eigenvalue weighted by Gasteiger charge is -2.11. The maximum absolute atomic E-state index is 5.83. The molecule has 0 heterocycles. The number of anilines is 2. The van der Waals surface area contributed by atoms with Gasteiger partial charge in [-0.3, -0.25) is 0 Å². The molecule has 0 aromatic heterocycles. The second kappa shape index (κ2) is 7.57. The van der Waals surface area contributed by atoms with Crippen molar-refractivity contribution in [1.82, 2.24) is 0 Å². The van der Waals surface area contributed by atoms with Gasteiger partial charge >= 0.3 is 0 Å². The molecule has 4 nitrogen and oxygen atoms in total. The van der Waals surface area contributed by atoms with E-state index in [2.05, 4.69) is 11.9 Å². The van der Waals surface area contributed by atoms with Gasteiger partial charge in [0, 0.05) is 12.6 Å². The van der Waals surface area contributed by atoms with Crippen molar-refractivity contribution in [2.45, 2.75) is 6.42 Å². The van der Waals surface area contributed by atoms with E-state index in [1.165, 1.54) is 0 Å². The molecule has 0 radical (unpaired) electrons. The topological polar surface area (TPSA) is 56.5 Å². The molecule has 1 aromatic carbocycles. The van der Waals surface area contributed by atoms with Crippen LogP contribution in [-0.4, -0.2) is 26.9 Å². The highest BCUT2D eigenvalue weighted by Crippen LogP contribution is 2.23. The van der Waals surface area contributed by atoms with Gasteiger partial charge in [0.05, 0.1) is 31.7 Å². The van der Waals surface area contributed by atoms with Gasteiger partial charge in [-0.2, -0.15) is 0 Å². The second-order valence-electron chi connectivity index (χ2n) is 3.57. The molecular weight excluding hydrogens is 216 g/mol. The first-order valence-corrected chi connectivity index (χ1v) is 5.64. The molecular formula is C13H20N2O2.